The van der Waals surface area contributed by atoms with Gasteiger partial charge in [-0.25, -0.2) is 9.97 Å². The largest absolute Gasteiger partial charge is 0.305 e. The molecule has 1 heterocycles. The molecule has 0 saturated heterocycles. The van der Waals surface area contributed by atoms with Crippen LogP contribution >= 0.6 is 0 Å². The van der Waals surface area contributed by atoms with Gasteiger partial charge in [0, 0.05) is 0 Å². The maximum absolute atomic E-state index is 10.4. The van der Waals surface area contributed by atoms with Crippen LogP contribution < -0.4 is 0 Å². The minimum Gasteiger partial charge on any atom is -0.258 e. The summed E-state index contributed by atoms with van der Waals surface area (Å²) in [5.41, 5.74) is 0.913. The van der Waals surface area contributed by atoms with Crippen LogP contribution in [0.1, 0.15) is 11.4 Å². The van der Waals surface area contributed by atoms with Gasteiger partial charge in [-0.05, 0) is 11.6 Å². The van der Waals surface area contributed by atoms with E-state index in [4.69, 9.17) is 0 Å². The first-order valence-corrected chi connectivity index (χ1v) is 4.95. The van der Waals surface area contributed by atoms with Gasteiger partial charge in [-0.3, -0.25) is 10.1 Å². The third-order valence-electron chi connectivity index (χ3n) is 2.09. The lowest BCUT2D eigenvalue weighted by atomic mass is 10.2. The van der Waals surface area contributed by atoms with Gasteiger partial charge < -0.3 is 0 Å². The van der Waals surface area contributed by atoms with Gasteiger partial charge in [-0.15, -0.1) is 0 Å². The van der Waals surface area contributed by atoms with Crippen LogP contribution in [0.5, 0.6) is 0 Å². The van der Waals surface area contributed by atoms with Crippen LogP contribution in [0.3, 0.4) is 0 Å². The van der Waals surface area contributed by atoms with Crippen molar-refractivity contribution in [1.82, 2.24) is 9.97 Å². The van der Waals surface area contributed by atoms with Crippen LogP contribution in [0.2, 0.25) is 0 Å². The highest BCUT2D eigenvalue weighted by atomic mass is 16.6. The number of nitrogens with zero attached hydrogens (tertiary/aromatic N) is 3. The zero-order valence-electron chi connectivity index (χ0n) is 8.85. The van der Waals surface area contributed by atoms with Crippen LogP contribution in [0, 0.1) is 10.1 Å². The number of benzene rings is 1. The molecule has 0 aliphatic carbocycles. The summed E-state index contributed by atoms with van der Waals surface area (Å²) < 4.78 is 0. The van der Waals surface area contributed by atoms with E-state index in [1.54, 1.807) is 6.08 Å². The Morgan fingerprint density at radius 1 is 1.06 bits per heavy atom. The summed E-state index contributed by atoms with van der Waals surface area (Å²) in [6.45, 7) is 0. The molecule has 0 saturated carbocycles. The summed E-state index contributed by atoms with van der Waals surface area (Å²) in [6, 6.07) is 9.68. The third kappa shape index (κ3) is 2.94. The molecule has 0 radical (unpaired) electrons. The second-order valence-corrected chi connectivity index (χ2v) is 3.30. The fraction of sp³-hybridized carbons (Fsp3) is 0. The van der Waals surface area contributed by atoms with Crippen LogP contribution in [-0.2, 0) is 0 Å². The fourth-order valence-electron chi connectivity index (χ4n) is 1.25. The van der Waals surface area contributed by atoms with E-state index in [1.807, 2.05) is 36.4 Å². The Labute approximate surface area is 97.6 Å². The van der Waals surface area contributed by atoms with Gasteiger partial charge >= 0.3 is 5.69 Å². The molecule has 0 aliphatic rings. The molecule has 2 rings (SSSR count). The molecule has 1 aromatic heterocycles. The monoisotopic (exact) mass is 227 g/mol. The van der Waals surface area contributed by atoms with Crippen molar-refractivity contribution >= 4 is 17.8 Å². The Bertz CT molecular complexity index is 535. The summed E-state index contributed by atoms with van der Waals surface area (Å²) >= 11 is 0. The van der Waals surface area contributed by atoms with E-state index in [-0.39, 0.29) is 5.69 Å². The summed E-state index contributed by atoms with van der Waals surface area (Å²) in [6.07, 6.45) is 5.94. The molecule has 5 nitrogen and oxygen atoms in total. The van der Waals surface area contributed by atoms with Gasteiger partial charge in [0.1, 0.15) is 12.4 Å². The van der Waals surface area contributed by atoms with E-state index in [2.05, 4.69) is 9.97 Å². The van der Waals surface area contributed by atoms with E-state index < -0.39 is 4.92 Å². The Morgan fingerprint density at radius 3 is 2.29 bits per heavy atom. The van der Waals surface area contributed by atoms with Crippen LogP contribution in [0.15, 0.2) is 42.7 Å². The smallest absolute Gasteiger partial charge is 0.258 e. The predicted molar refractivity (Wildman–Crippen MR) is 64.1 cm³/mol. The van der Waals surface area contributed by atoms with Crippen LogP contribution in [-0.4, -0.2) is 14.9 Å². The van der Waals surface area contributed by atoms with Gasteiger partial charge in [0.2, 0.25) is 0 Å². The van der Waals surface area contributed by atoms with Crippen molar-refractivity contribution in [3.8, 4) is 0 Å². The standard InChI is InChI=1S/C12H9N3O2/c16-15(17)11-8-13-12(14-9-11)7-6-10-4-2-1-3-5-10/h1-9H. The first kappa shape index (κ1) is 10.9. The Kier molecular flexibility index (Phi) is 3.20. The van der Waals surface area contributed by atoms with Crippen molar-refractivity contribution in [3.05, 3.63) is 64.2 Å². The first-order valence-electron chi connectivity index (χ1n) is 4.95. The molecule has 84 valence electrons. The summed E-state index contributed by atoms with van der Waals surface area (Å²) in [5, 5.41) is 10.4. The summed E-state index contributed by atoms with van der Waals surface area (Å²) in [5.74, 6) is 0.444. The molecular formula is C12H9N3O2. The van der Waals surface area contributed by atoms with E-state index in [1.165, 1.54) is 12.4 Å². The second-order valence-electron chi connectivity index (χ2n) is 3.30. The number of rotatable bonds is 3. The Morgan fingerprint density at radius 2 is 1.71 bits per heavy atom. The molecule has 5 heteroatoms. The number of aromatic nitrogens is 2. The minimum absolute atomic E-state index is 0.109. The average molecular weight is 227 g/mol. The van der Waals surface area contributed by atoms with Crippen molar-refractivity contribution in [1.29, 1.82) is 0 Å². The van der Waals surface area contributed by atoms with E-state index in [0.29, 0.717) is 5.82 Å². The van der Waals surface area contributed by atoms with Gasteiger partial charge in [0.25, 0.3) is 0 Å². The highest BCUT2D eigenvalue weighted by Gasteiger charge is 2.04. The molecule has 0 N–H and O–H groups in total. The fourth-order valence-corrected chi connectivity index (χ4v) is 1.25. The Balaban J connectivity index is 2.14. The number of hydrogen-bond donors (Lipinski definition) is 0. The molecular weight excluding hydrogens is 218 g/mol. The summed E-state index contributed by atoms with van der Waals surface area (Å²) in [7, 11) is 0. The Hall–Kier alpha value is -2.56. The highest BCUT2D eigenvalue weighted by Crippen LogP contribution is 2.08. The molecule has 0 unspecified atom stereocenters. The van der Waals surface area contributed by atoms with Crippen molar-refractivity contribution in [3.63, 3.8) is 0 Å². The number of hydrogen-bond acceptors (Lipinski definition) is 4. The van der Waals surface area contributed by atoms with Gasteiger partial charge in [0.05, 0.1) is 4.92 Å². The highest BCUT2D eigenvalue weighted by molar-refractivity contribution is 5.66. The maximum Gasteiger partial charge on any atom is 0.305 e. The SMILES string of the molecule is O=[N+]([O-])c1cnc(C=Cc2ccccc2)nc1. The van der Waals surface area contributed by atoms with Crippen molar-refractivity contribution in [2.75, 3.05) is 0 Å². The van der Waals surface area contributed by atoms with Crippen molar-refractivity contribution in [2.45, 2.75) is 0 Å². The molecule has 0 fully saturated rings. The van der Waals surface area contributed by atoms with Crippen LogP contribution in [0.25, 0.3) is 12.2 Å². The van der Waals surface area contributed by atoms with Crippen molar-refractivity contribution < 1.29 is 4.92 Å². The van der Waals surface area contributed by atoms with Gasteiger partial charge in [-0.2, -0.15) is 0 Å². The second kappa shape index (κ2) is 4.98. The van der Waals surface area contributed by atoms with Gasteiger partial charge in [0.15, 0.2) is 5.82 Å². The zero-order chi connectivity index (χ0) is 12.1. The molecule has 0 bridgehead atoms. The minimum atomic E-state index is -0.523. The lowest BCUT2D eigenvalue weighted by Gasteiger charge is -1.93. The zero-order valence-corrected chi connectivity index (χ0v) is 8.85. The molecule has 0 aliphatic heterocycles. The molecule has 2 aromatic rings. The van der Waals surface area contributed by atoms with E-state index in [9.17, 15) is 10.1 Å². The topological polar surface area (TPSA) is 68.9 Å². The maximum atomic E-state index is 10.4. The molecule has 17 heavy (non-hydrogen) atoms. The molecule has 0 amide bonds. The molecule has 0 spiro atoms. The summed E-state index contributed by atoms with van der Waals surface area (Å²) in [4.78, 5) is 17.6. The van der Waals surface area contributed by atoms with Crippen molar-refractivity contribution in [2.24, 2.45) is 0 Å². The lowest BCUT2D eigenvalue weighted by molar-refractivity contribution is -0.385. The predicted octanol–water partition coefficient (Wildman–Crippen LogP) is 2.56. The normalized spacial score (nSPS) is 10.6. The third-order valence-corrected chi connectivity index (χ3v) is 2.09. The van der Waals surface area contributed by atoms with Gasteiger partial charge in [-0.1, -0.05) is 36.4 Å². The molecule has 0 atom stereocenters. The first-order chi connectivity index (χ1) is 8.25. The van der Waals surface area contributed by atoms with Crippen LogP contribution in [0.4, 0.5) is 5.69 Å². The van der Waals surface area contributed by atoms with E-state index >= 15 is 0 Å². The average Bonchev–Trinajstić information content (AvgIpc) is 2.38. The molecule has 1 aromatic carbocycles. The van der Waals surface area contributed by atoms with E-state index in [0.717, 1.165) is 5.56 Å². The lowest BCUT2D eigenvalue weighted by Crippen LogP contribution is -1.92. The number of nitro groups is 1. The quantitative estimate of drug-likeness (QED) is 0.596.